The summed E-state index contributed by atoms with van der Waals surface area (Å²) in [5.74, 6) is 1.50. The van der Waals surface area contributed by atoms with Crippen LogP contribution >= 0.6 is 0 Å². The summed E-state index contributed by atoms with van der Waals surface area (Å²) in [5, 5.41) is 17.9. The Balaban J connectivity index is 1.33. The second-order valence-corrected chi connectivity index (χ2v) is 14.5. The van der Waals surface area contributed by atoms with Crippen LogP contribution in [0.5, 0.6) is 0 Å². The van der Waals surface area contributed by atoms with Crippen LogP contribution in [0.1, 0.15) is 99.6 Å². The maximum Gasteiger partial charge on any atom is 0.341 e. The number of anilines is 2. The number of alkyl halides is 1. The number of nitrogens with zero attached hydrogens (tertiary/aromatic N) is 6. The lowest BCUT2D eigenvalue weighted by molar-refractivity contribution is -0.153. The third kappa shape index (κ3) is 7.47. The average Bonchev–Trinajstić information content (AvgIpc) is 3.51. The summed E-state index contributed by atoms with van der Waals surface area (Å²) in [4.78, 5) is 26.8. The Morgan fingerprint density at radius 3 is 2.60 bits per heavy atom. The minimum atomic E-state index is -2.12. The maximum atomic E-state index is 15.0. The quantitative estimate of drug-likeness (QED) is 0.242. The lowest BCUT2D eigenvalue weighted by Crippen LogP contribution is -2.45. The van der Waals surface area contributed by atoms with Gasteiger partial charge in [-0.05, 0) is 94.1 Å². The molecule has 3 heterocycles. The Morgan fingerprint density at radius 1 is 1.17 bits per heavy atom. The zero-order valence-corrected chi connectivity index (χ0v) is 28.5. The first kappa shape index (κ1) is 33.4. The molecule has 2 aromatic heterocycles. The van der Waals surface area contributed by atoms with E-state index in [1.54, 1.807) is 0 Å². The number of halogens is 1. The molecular formula is C37H52FN7O2. The van der Waals surface area contributed by atoms with Gasteiger partial charge in [-0.25, -0.2) is 14.2 Å². The number of carbonyl (C=O) groups is 1. The van der Waals surface area contributed by atoms with Gasteiger partial charge in [-0.2, -0.15) is 10.1 Å². The number of piperidine rings is 1. The molecule has 0 bridgehead atoms. The van der Waals surface area contributed by atoms with Crippen molar-refractivity contribution in [1.82, 2.24) is 24.6 Å². The predicted octanol–water partition coefficient (Wildman–Crippen LogP) is 6.57. The number of rotatable bonds is 11. The Bertz CT molecular complexity index is 1510. The van der Waals surface area contributed by atoms with Crippen LogP contribution in [0.3, 0.4) is 0 Å². The van der Waals surface area contributed by atoms with E-state index in [-0.39, 0.29) is 30.8 Å². The summed E-state index contributed by atoms with van der Waals surface area (Å²) in [7, 11) is 4.02. The third-order valence-corrected chi connectivity index (χ3v) is 11.1. The van der Waals surface area contributed by atoms with E-state index < -0.39 is 11.6 Å². The summed E-state index contributed by atoms with van der Waals surface area (Å²) in [6.45, 7) is 7.55. The van der Waals surface area contributed by atoms with Crippen molar-refractivity contribution in [2.75, 3.05) is 36.9 Å². The van der Waals surface area contributed by atoms with Gasteiger partial charge in [0.1, 0.15) is 5.82 Å². The van der Waals surface area contributed by atoms with Crippen LogP contribution in [-0.4, -0.2) is 74.1 Å². The molecule has 1 aromatic carbocycles. The fourth-order valence-corrected chi connectivity index (χ4v) is 8.38. The average molecular weight is 646 g/mol. The molecule has 0 spiro atoms. The van der Waals surface area contributed by atoms with E-state index in [1.165, 1.54) is 24.0 Å². The summed E-state index contributed by atoms with van der Waals surface area (Å²) < 4.78 is 16.8. The summed E-state index contributed by atoms with van der Waals surface area (Å²) in [5.41, 5.74) is 2.67. The molecule has 3 aromatic rings. The van der Waals surface area contributed by atoms with Gasteiger partial charge >= 0.3 is 5.97 Å². The molecule has 0 radical (unpaired) electrons. The molecule has 1 saturated heterocycles. The number of fused-ring (bicyclic) bond motifs is 1. The van der Waals surface area contributed by atoms with Gasteiger partial charge in [-0.15, -0.1) is 0 Å². The number of nitrogens with one attached hydrogen (secondary N) is 1. The lowest BCUT2D eigenvalue weighted by atomic mass is 9.76. The molecule has 1 aliphatic heterocycles. The van der Waals surface area contributed by atoms with E-state index >= 15 is 0 Å². The number of aromatic nitrogens is 4. The highest BCUT2D eigenvalue weighted by Gasteiger charge is 2.44. The number of hydrogen-bond acceptors (Lipinski definition) is 7. The fourth-order valence-electron chi connectivity index (χ4n) is 8.38. The van der Waals surface area contributed by atoms with Gasteiger partial charge < -0.3 is 20.2 Å². The zero-order valence-electron chi connectivity index (χ0n) is 28.5. The SMILES string of the molecule is CC[C@@H](C1CCC(F)(C(=O)O)CC1)N(C)c1nc2c(c(N[C@H](CN3CCC[C@@H](C)C3)c3cnn(C)c3)n1)C[C@@H](c1ccccc1)CC2. The van der Waals surface area contributed by atoms with Gasteiger partial charge in [0.15, 0.2) is 0 Å². The van der Waals surface area contributed by atoms with Gasteiger partial charge in [0.05, 0.1) is 17.9 Å². The van der Waals surface area contributed by atoms with Crippen LogP contribution in [-0.2, 0) is 24.7 Å². The largest absolute Gasteiger partial charge is 0.479 e. The first-order valence-electron chi connectivity index (χ1n) is 17.7. The molecule has 47 heavy (non-hydrogen) atoms. The second-order valence-electron chi connectivity index (χ2n) is 14.5. The molecule has 2 N–H and O–H groups in total. The van der Waals surface area contributed by atoms with Crippen molar-refractivity contribution in [1.29, 1.82) is 0 Å². The van der Waals surface area contributed by atoms with E-state index in [2.05, 4.69) is 77.6 Å². The first-order chi connectivity index (χ1) is 22.6. The Morgan fingerprint density at radius 2 is 1.94 bits per heavy atom. The van der Waals surface area contributed by atoms with Crippen molar-refractivity contribution >= 4 is 17.7 Å². The molecular weight excluding hydrogens is 593 g/mol. The molecule has 4 atom stereocenters. The number of carboxylic acid groups (broad SMARTS) is 1. The van der Waals surface area contributed by atoms with Gasteiger partial charge in [-0.1, -0.05) is 44.2 Å². The molecule has 0 unspecified atom stereocenters. The van der Waals surface area contributed by atoms with Crippen LogP contribution in [0, 0.1) is 11.8 Å². The second kappa shape index (κ2) is 14.3. The highest BCUT2D eigenvalue weighted by atomic mass is 19.1. The summed E-state index contributed by atoms with van der Waals surface area (Å²) in [6.07, 6.45) is 11.4. The lowest BCUT2D eigenvalue weighted by Gasteiger charge is -2.39. The topological polar surface area (TPSA) is 99.4 Å². The maximum absolute atomic E-state index is 15.0. The number of carboxylic acids is 1. The zero-order chi connectivity index (χ0) is 33.1. The van der Waals surface area contributed by atoms with Crippen LogP contribution in [0.15, 0.2) is 42.7 Å². The highest BCUT2D eigenvalue weighted by molar-refractivity contribution is 5.77. The number of benzene rings is 1. The third-order valence-electron chi connectivity index (χ3n) is 11.1. The van der Waals surface area contributed by atoms with Crippen LogP contribution in [0.25, 0.3) is 0 Å². The van der Waals surface area contributed by atoms with Crippen molar-refractivity contribution in [2.45, 2.75) is 102 Å². The van der Waals surface area contributed by atoms with E-state index in [0.717, 1.165) is 62.4 Å². The molecule has 10 heteroatoms. The van der Waals surface area contributed by atoms with Gasteiger partial charge in [-0.3, -0.25) is 4.68 Å². The molecule has 9 nitrogen and oxygen atoms in total. The van der Waals surface area contributed by atoms with Crippen molar-refractivity contribution in [3.63, 3.8) is 0 Å². The molecule has 3 aliphatic rings. The Kier molecular flexibility index (Phi) is 10.2. The van der Waals surface area contributed by atoms with E-state index in [9.17, 15) is 14.3 Å². The van der Waals surface area contributed by atoms with Crippen LogP contribution < -0.4 is 10.2 Å². The molecule has 6 rings (SSSR count). The first-order valence-corrected chi connectivity index (χ1v) is 17.7. The molecule has 1 saturated carbocycles. The highest BCUT2D eigenvalue weighted by Crippen LogP contribution is 2.41. The smallest absolute Gasteiger partial charge is 0.341 e. The van der Waals surface area contributed by atoms with Crippen LogP contribution in [0.4, 0.5) is 16.2 Å². The summed E-state index contributed by atoms with van der Waals surface area (Å²) in [6, 6.07) is 10.9. The molecule has 2 fully saturated rings. The predicted molar refractivity (Wildman–Crippen MR) is 184 cm³/mol. The standard InChI is InChI=1S/C37H52FN7O2/c1-5-33(27-15-17-37(38,18-16-27)35(46)47)44(4)36-41-31-14-13-28(26-11-7-6-8-12-26)20-30(31)34(42-36)40-32(29-21-39-43(3)23-29)24-45-19-9-10-25(2)22-45/h6-8,11-12,21,23,25,27-28,32-33H,5,9-10,13-20,22,24H2,1-4H3,(H,46,47)(H,40,41,42)/t25-,27?,28+,32-,33+,37?/m1/s1. The molecule has 254 valence electrons. The number of hydrogen-bond donors (Lipinski definition) is 2. The molecule has 0 amide bonds. The molecule has 2 aliphatic carbocycles. The monoisotopic (exact) mass is 645 g/mol. The van der Waals surface area contributed by atoms with E-state index in [1.807, 2.05) is 17.9 Å². The summed E-state index contributed by atoms with van der Waals surface area (Å²) >= 11 is 0. The van der Waals surface area contributed by atoms with Crippen molar-refractivity contribution < 1.29 is 14.3 Å². The van der Waals surface area contributed by atoms with Crippen molar-refractivity contribution in [3.05, 3.63) is 65.1 Å². The van der Waals surface area contributed by atoms with Crippen molar-refractivity contribution in [2.24, 2.45) is 18.9 Å². The van der Waals surface area contributed by atoms with E-state index in [0.29, 0.717) is 30.6 Å². The number of likely N-dealkylation sites (tertiary alicyclic amines) is 1. The van der Waals surface area contributed by atoms with Gasteiger partial charge in [0, 0.05) is 50.6 Å². The van der Waals surface area contributed by atoms with Gasteiger partial charge in [0.25, 0.3) is 0 Å². The normalized spacial score (nSPS) is 26.3. The van der Waals surface area contributed by atoms with Crippen LogP contribution in [0.2, 0.25) is 0 Å². The van der Waals surface area contributed by atoms with E-state index in [4.69, 9.17) is 9.97 Å². The van der Waals surface area contributed by atoms with Gasteiger partial charge in [0.2, 0.25) is 11.6 Å². The van der Waals surface area contributed by atoms with Crippen molar-refractivity contribution in [3.8, 4) is 0 Å². The minimum Gasteiger partial charge on any atom is -0.479 e. The number of aliphatic carboxylic acids is 1. The Labute approximate surface area is 279 Å². The fraction of sp³-hybridized carbons (Fsp3) is 0.622. The number of aryl methyl sites for hydroxylation is 2. The minimum absolute atomic E-state index is 0.0114. The Hall–Kier alpha value is -3.53.